The van der Waals surface area contributed by atoms with E-state index in [0.29, 0.717) is 22.8 Å². The summed E-state index contributed by atoms with van der Waals surface area (Å²) >= 11 is 0. The van der Waals surface area contributed by atoms with Crippen molar-refractivity contribution in [2.24, 2.45) is 0 Å². The summed E-state index contributed by atoms with van der Waals surface area (Å²) < 4.78 is 99.7. The van der Waals surface area contributed by atoms with Gasteiger partial charge in [-0.2, -0.15) is 17.6 Å². The second-order valence-corrected chi connectivity index (χ2v) is 9.97. The summed E-state index contributed by atoms with van der Waals surface area (Å²) in [6.45, 7) is 0. The normalized spacial score (nSPS) is 12.2. The SMILES string of the molecule is COc1cc(OC)c(C=CS(=O)(=O)Cc2ccc(OC)c(NC(=O)CCC(F)(F)C(F)(F)C=O)c2)c(OC)c1. The summed E-state index contributed by atoms with van der Waals surface area (Å²) in [6, 6.07) is 7.09. The second kappa shape index (κ2) is 12.8. The Kier molecular flexibility index (Phi) is 10.3. The van der Waals surface area contributed by atoms with Crippen LogP contribution in [0.3, 0.4) is 0 Å². The van der Waals surface area contributed by atoms with Crippen molar-refractivity contribution in [1.82, 2.24) is 0 Å². The van der Waals surface area contributed by atoms with Crippen molar-refractivity contribution in [3.63, 3.8) is 0 Å². The van der Waals surface area contributed by atoms with Crippen LogP contribution in [0.5, 0.6) is 23.0 Å². The van der Waals surface area contributed by atoms with E-state index < -0.39 is 52.5 Å². The second-order valence-electron chi connectivity index (χ2n) is 8.08. The number of benzene rings is 2. The summed E-state index contributed by atoms with van der Waals surface area (Å²) in [5.74, 6) is -10.2. The zero-order chi connectivity index (χ0) is 29.4. The molecule has 2 aromatic carbocycles. The maximum Gasteiger partial charge on any atom is 0.364 e. The highest BCUT2D eigenvalue weighted by Crippen LogP contribution is 2.37. The van der Waals surface area contributed by atoms with Crippen LogP contribution in [0.25, 0.3) is 6.08 Å². The lowest BCUT2D eigenvalue weighted by Crippen LogP contribution is -2.42. The van der Waals surface area contributed by atoms with Gasteiger partial charge in [-0.25, -0.2) is 8.42 Å². The first-order chi connectivity index (χ1) is 18.2. The van der Waals surface area contributed by atoms with Crippen molar-refractivity contribution in [3.05, 3.63) is 46.9 Å². The third kappa shape index (κ3) is 8.09. The minimum atomic E-state index is -4.92. The number of anilines is 1. The highest BCUT2D eigenvalue weighted by molar-refractivity contribution is 7.93. The van der Waals surface area contributed by atoms with Crippen LogP contribution in [0.4, 0.5) is 23.2 Å². The number of sulfone groups is 1. The van der Waals surface area contributed by atoms with Crippen molar-refractivity contribution in [1.29, 1.82) is 0 Å². The van der Waals surface area contributed by atoms with Crippen molar-refractivity contribution >= 4 is 33.8 Å². The van der Waals surface area contributed by atoms with Gasteiger partial charge >= 0.3 is 11.8 Å². The van der Waals surface area contributed by atoms with Gasteiger partial charge in [0.2, 0.25) is 5.91 Å². The van der Waals surface area contributed by atoms with E-state index in [0.717, 1.165) is 5.41 Å². The van der Waals surface area contributed by atoms with Crippen LogP contribution in [0.15, 0.2) is 35.7 Å². The maximum atomic E-state index is 13.5. The Hall–Kier alpha value is -3.81. The van der Waals surface area contributed by atoms with Crippen LogP contribution in [-0.4, -0.2) is 60.9 Å². The average Bonchev–Trinajstić information content (AvgIpc) is 2.90. The van der Waals surface area contributed by atoms with E-state index in [1.807, 2.05) is 0 Å². The first kappa shape index (κ1) is 31.4. The molecular formula is C25H27F4NO8S. The van der Waals surface area contributed by atoms with Crippen molar-refractivity contribution in [2.45, 2.75) is 30.4 Å². The molecule has 39 heavy (non-hydrogen) atoms. The summed E-state index contributed by atoms with van der Waals surface area (Å²) in [6.07, 6.45) is -2.53. The molecule has 0 heterocycles. The molecule has 14 heteroatoms. The van der Waals surface area contributed by atoms with Crippen molar-refractivity contribution in [2.75, 3.05) is 33.8 Å². The molecule has 0 bridgehead atoms. The zero-order valence-corrected chi connectivity index (χ0v) is 22.2. The molecule has 0 aliphatic carbocycles. The number of ether oxygens (including phenoxy) is 4. The Morgan fingerprint density at radius 2 is 1.51 bits per heavy atom. The molecule has 2 rings (SSSR count). The van der Waals surface area contributed by atoms with E-state index in [4.69, 9.17) is 18.9 Å². The average molecular weight is 578 g/mol. The largest absolute Gasteiger partial charge is 0.496 e. The Labute approximate surface area is 222 Å². The van der Waals surface area contributed by atoms with Gasteiger partial charge in [0.1, 0.15) is 23.0 Å². The lowest BCUT2D eigenvalue weighted by atomic mass is 10.1. The Morgan fingerprint density at radius 3 is 2.03 bits per heavy atom. The molecule has 0 aromatic heterocycles. The first-order valence-corrected chi connectivity index (χ1v) is 12.8. The Morgan fingerprint density at radius 1 is 0.923 bits per heavy atom. The number of nitrogens with one attached hydrogen (secondary N) is 1. The molecule has 0 fully saturated rings. The molecule has 1 amide bonds. The van der Waals surface area contributed by atoms with E-state index in [9.17, 15) is 35.6 Å². The number of methoxy groups -OCH3 is 4. The summed E-state index contributed by atoms with van der Waals surface area (Å²) in [5.41, 5.74) is 0.467. The van der Waals surface area contributed by atoms with E-state index >= 15 is 0 Å². The molecule has 0 aliphatic rings. The van der Waals surface area contributed by atoms with Crippen LogP contribution in [0.1, 0.15) is 24.0 Å². The zero-order valence-electron chi connectivity index (χ0n) is 21.4. The topological polar surface area (TPSA) is 117 Å². The highest BCUT2D eigenvalue weighted by Gasteiger charge is 2.55. The van der Waals surface area contributed by atoms with Gasteiger partial charge < -0.3 is 24.3 Å². The Balaban J connectivity index is 2.24. The van der Waals surface area contributed by atoms with Crippen LogP contribution in [0.2, 0.25) is 0 Å². The molecule has 214 valence electrons. The summed E-state index contributed by atoms with van der Waals surface area (Å²) in [5, 5.41) is 3.18. The van der Waals surface area contributed by atoms with Gasteiger partial charge in [0.15, 0.2) is 16.1 Å². The molecule has 0 radical (unpaired) electrons. The maximum absolute atomic E-state index is 13.5. The minimum Gasteiger partial charge on any atom is -0.496 e. The van der Waals surface area contributed by atoms with Gasteiger partial charge in [0.05, 0.1) is 45.4 Å². The monoisotopic (exact) mass is 577 g/mol. The predicted molar refractivity (Wildman–Crippen MR) is 135 cm³/mol. The molecule has 0 aliphatic heterocycles. The van der Waals surface area contributed by atoms with Gasteiger partial charge in [-0.1, -0.05) is 6.07 Å². The van der Waals surface area contributed by atoms with Gasteiger partial charge in [-0.3, -0.25) is 9.59 Å². The molecule has 0 spiro atoms. The molecule has 0 unspecified atom stereocenters. The van der Waals surface area contributed by atoms with Gasteiger partial charge in [0, 0.05) is 30.4 Å². The summed E-state index contributed by atoms with van der Waals surface area (Å²) in [4.78, 5) is 22.4. The number of halogens is 4. The molecule has 0 saturated carbocycles. The number of alkyl halides is 4. The third-order valence-electron chi connectivity index (χ3n) is 5.40. The van der Waals surface area contributed by atoms with E-state index in [1.54, 1.807) is 12.1 Å². The number of carbonyl (C=O) groups is 2. The number of hydrogen-bond acceptors (Lipinski definition) is 8. The van der Waals surface area contributed by atoms with Crippen molar-refractivity contribution < 1.29 is 54.5 Å². The number of rotatable bonds is 14. The predicted octanol–water partition coefficient (Wildman–Crippen LogP) is 4.49. The van der Waals surface area contributed by atoms with Gasteiger partial charge in [-0.05, 0) is 23.8 Å². The molecule has 9 nitrogen and oxygen atoms in total. The van der Waals surface area contributed by atoms with Gasteiger partial charge in [-0.15, -0.1) is 0 Å². The molecule has 1 N–H and O–H groups in total. The molecule has 0 saturated heterocycles. The molecule has 2 aromatic rings. The van der Waals surface area contributed by atoms with Crippen LogP contribution < -0.4 is 24.3 Å². The number of amides is 1. The fraction of sp³-hybridized carbons (Fsp3) is 0.360. The fourth-order valence-electron chi connectivity index (χ4n) is 3.33. The third-order valence-corrected chi connectivity index (χ3v) is 6.69. The van der Waals surface area contributed by atoms with Crippen LogP contribution >= 0.6 is 0 Å². The molecular weight excluding hydrogens is 550 g/mol. The van der Waals surface area contributed by atoms with Gasteiger partial charge in [0.25, 0.3) is 0 Å². The number of hydrogen-bond donors (Lipinski definition) is 1. The number of carbonyl (C=O) groups excluding carboxylic acids is 2. The number of aldehydes is 1. The highest BCUT2D eigenvalue weighted by atomic mass is 32.2. The van der Waals surface area contributed by atoms with Crippen LogP contribution in [0, 0.1) is 0 Å². The minimum absolute atomic E-state index is 0.0665. The Bertz CT molecular complexity index is 1300. The smallest absolute Gasteiger partial charge is 0.364 e. The lowest BCUT2D eigenvalue weighted by molar-refractivity contribution is -0.200. The van der Waals surface area contributed by atoms with E-state index in [1.165, 1.54) is 52.7 Å². The fourth-order valence-corrected chi connectivity index (χ4v) is 4.41. The quantitative estimate of drug-likeness (QED) is 0.258. The summed E-state index contributed by atoms with van der Waals surface area (Å²) in [7, 11) is 1.57. The lowest BCUT2D eigenvalue weighted by Gasteiger charge is -2.21. The molecule has 0 atom stereocenters. The van der Waals surface area contributed by atoms with E-state index in [-0.39, 0.29) is 17.0 Å². The standard InChI is InChI=1S/C25H27F4NO8S/c1-35-17-12-21(37-3)18(22(13-17)38-4)8-10-39(33,34)14-16-5-6-20(36-2)19(11-16)30-23(32)7-9-24(26,27)25(28,29)15-31/h5-6,8,10-13,15H,7,9,14H2,1-4H3,(H,30,32). The van der Waals surface area contributed by atoms with E-state index in [2.05, 4.69) is 5.32 Å². The first-order valence-electron chi connectivity index (χ1n) is 11.1. The van der Waals surface area contributed by atoms with Crippen molar-refractivity contribution in [3.8, 4) is 23.0 Å². The van der Waals surface area contributed by atoms with Crippen LogP contribution in [-0.2, 0) is 25.2 Å².